The molecule has 0 saturated carbocycles. The second-order valence-electron chi connectivity index (χ2n) is 5.43. The van der Waals surface area contributed by atoms with Crippen LogP contribution in [0.1, 0.15) is 24.1 Å². The van der Waals surface area contributed by atoms with E-state index in [4.69, 9.17) is 0 Å². The van der Waals surface area contributed by atoms with E-state index in [0.717, 1.165) is 10.2 Å². The summed E-state index contributed by atoms with van der Waals surface area (Å²) in [5.74, 6) is 0. The lowest BCUT2D eigenvalue weighted by atomic mass is 10.0. The van der Waals surface area contributed by atoms with Gasteiger partial charge in [0.1, 0.15) is 0 Å². The third-order valence-corrected chi connectivity index (χ3v) is 4.33. The van der Waals surface area contributed by atoms with Crippen LogP contribution in [0.3, 0.4) is 0 Å². The van der Waals surface area contributed by atoms with Crippen LogP contribution in [0.4, 0.5) is 5.69 Å². The predicted molar refractivity (Wildman–Crippen MR) is 94.9 cm³/mol. The van der Waals surface area contributed by atoms with Crippen LogP contribution >= 0.6 is 15.9 Å². The molecule has 21 heavy (non-hydrogen) atoms. The molecule has 0 aliphatic rings. The Bertz CT molecular complexity index is 779. The zero-order valence-corrected chi connectivity index (χ0v) is 13.8. The molecule has 106 valence electrons. The summed E-state index contributed by atoms with van der Waals surface area (Å²) in [6, 6.07) is 21.7. The van der Waals surface area contributed by atoms with E-state index < -0.39 is 0 Å². The van der Waals surface area contributed by atoms with Crippen molar-refractivity contribution in [3.8, 4) is 0 Å². The summed E-state index contributed by atoms with van der Waals surface area (Å²) in [4.78, 5) is 0. The van der Waals surface area contributed by atoms with Crippen molar-refractivity contribution in [2.45, 2.75) is 19.9 Å². The first-order valence-electron chi connectivity index (χ1n) is 7.15. The lowest BCUT2D eigenvalue weighted by molar-refractivity contribution is 0.875. The maximum absolute atomic E-state index is 3.59. The van der Waals surface area contributed by atoms with Crippen molar-refractivity contribution >= 4 is 32.4 Å². The standard InChI is InChI=1S/C19H18BrN/c1-13-5-3-4-6-19(13)14(2)21-18-10-8-15-11-17(20)9-7-16(15)12-18/h3-12,14,21H,1-2H3. The van der Waals surface area contributed by atoms with Crippen molar-refractivity contribution in [3.63, 3.8) is 0 Å². The largest absolute Gasteiger partial charge is 0.378 e. The Kier molecular flexibility index (Phi) is 3.98. The molecule has 1 unspecified atom stereocenters. The van der Waals surface area contributed by atoms with Gasteiger partial charge < -0.3 is 5.32 Å². The average molecular weight is 340 g/mol. The molecule has 3 aromatic carbocycles. The normalized spacial score (nSPS) is 12.3. The van der Waals surface area contributed by atoms with Crippen LogP contribution in [0, 0.1) is 6.92 Å². The van der Waals surface area contributed by atoms with E-state index in [9.17, 15) is 0 Å². The van der Waals surface area contributed by atoms with Gasteiger partial charge in [0, 0.05) is 16.2 Å². The zero-order valence-electron chi connectivity index (χ0n) is 12.2. The predicted octanol–water partition coefficient (Wildman–Crippen LogP) is 6.08. The first-order chi connectivity index (χ1) is 10.1. The first-order valence-corrected chi connectivity index (χ1v) is 7.94. The smallest absolute Gasteiger partial charge is 0.0488 e. The van der Waals surface area contributed by atoms with Crippen LogP contribution in [-0.4, -0.2) is 0 Å². The summed E-state index contributed by atoms with van der Waals surface area (Å²) in [6.45, 7) is 4.36. The summed E-state index contributed by atoms with van der Waals surface area (Å²) < 4.78 is 1.11. The van der Waals surface area contributed by atoms with Crippen LogP contribution in [-0.2, 0) is 0 Å². The van der Waals surface area contributed by atoms with Crippen molar-refractivity contribution in [1.82, 2.24) is 0 Å². The minimum Gasteiger partial charge on any atom is -0.378 e. The summed E-state index contributed by atoms with van der Waals surface area (Å²) in [5, 5.41) is 6.09. The minimum absolute atomic E-state index is 0.291. The van der Waals surface area contributed by atoms with Crippen LogP contribution in [0.2, 0.25) is 0 Å². The summed E-state index contributed by atoms with van der Waals surface area (Å²) in [7, 11) is 0. The average Bonchev–Trinajstić information content (AvgIpc) is 2.48. The van der Waals surface area contributed by atoms with Gasteiger partial charge in [-0.3, -0.25) is 0 Å². The Balaban J connectivity index is 1.88. The van der Waals surface area contributed by atoms with Crippen molar-refractivity contribution in [2.75, 3.05) is 5.32 Å². The first kappa shape index (κ1) is 14.2. The number of rotatable bonds is 3. The molecule has 0 bridgehead atoms. The second-order valence-corrected chi connectivity index (χ2v) is 6.34. The molecule has 2 heteroatoms. The maximum Gasteiger partial charge on any atom is 0.0488 e. The van der Waals surface area contributed by atoms with E-state index >= 15 is 0 Å². The number of nitrogens with one attached hydrogen (secondary N) is 1. The summed E-state index contributed by atoms with van der Waals surface area (Å²) in [6.07, 6.45) is 0. The molecule has 1 N–H and O–H groups in total. The molecule has 0 saturated heterocycles. The molecule has 1 nitrogen and oxygen atoms in total. The van der Waals surface area contributed by atoms with Crippen LogP contribution in [0.25, 0.3) is 10.8 Å². The van der Waals surface area contributed by atoms with Crippen molar-refractivity contribution in [1.29, 1.82) is 0 Å². The van der Waals surface area contributed by atoms with Crippen LogP contribution < -0.4 is 5.32 Å². The topological polar surface area (TPSA) is 12.0 Å². The lowest BCUT2D eigenvalue weighted by Gasteiger charge is -2.18. The monoisotopic (exact) mass is 339 g/mol. The molecule has 0 aromatic heterocycles. The molecule has 0 aliphatic heterocycles. The maximum atomic E-state index is 3.59. The van der Waals surface area contributed by atoms with E-state index in [0.29, 0.717) is 6.04 Å². The summed E-state index contributed by atoms with van der Waals surface area (Å²) >= 11 is 3.51. The minimum atomic E-state index is 0.291. The molecule has 0 amide bonds. The Labute approximate surface area is 134 Å². The van der Waals surface area contributed by atoms with E-state index in [1.807, 2.05) is 0 Å². The molecule has 0 aliphatic carbocycles. The Morgan fingerprint density at radius 2 is 1.62 bits per heavy atom. The van der Waals surface area contributed by atoms with E-state index in [2.05, 4.69) is 95.8 Å². The van der Waals surface area contributed by atoms with Gasteiger partial charge >= 0.3 is 0 Å². The number of fused-ring (bicyclic) bond motifs is 1. The SMILES string of the molecule is Cc1ccccc1C(C)Nc1ccc2cc(Br)ccc2c1. The molecule has 0 spiro atoms. The molecular formula is C19H18BrN. The highest BCUT2D eigenvalue weighted by Gasteiger charge is 2.08. The number of aryl methyl sites for hydroxylation is 1. The van der Waals surface area contributed by atoms with Crippen LogP contribution in [0.15, 0.2) is 65.1 Å². The van der Waals surface area contributed by atoms with E-state index in [-0.39, 0.29) is 0 Å². The Hall–Kier alpha value is -1.80. The molecule has 0 heterocycles. The molecule has 1 atom stereocenters. The van der Waals surface area contributed by atoms with E-state index in [1.54, 1.807) is 0 Å². The fourth-order valence-electron chi connectivity index (χ4n) is 2.71. The molecule has 0 fully saturated rings. The van der Waals surface area contributed by atoms with Gasteiger partial charge in [-0.15, -0.1) is 0 Å². The van der Waals surface area contributed by atoms with E-state index in [1.165, 1.54) is 21.9 Å². The van der Waals surface area contributed by atoms with Gasteiger partial charge in [-0.1, -0.05) is 52.3 Å². The zero-order chi connectivity index (χ0) is 14.8. The number of hydrogen-bond donors (Lipinski definition) is 1. The van der Waals surface area contributed by atoms with Crippen molar-refractivity contribution in [2.24, 2.45) is 0 Å². The third kappa shape index (κ3) is 3.11. The Morgan fingerprint density at radius 3 is 2.43 bits per heavy atom. The van der Waals surface area contributed by atoms with Gasteiger partial charge in [0.15, 0.2) is 0 Å². The lowest BCUT2D eigenvalue weighted by Crippen LogP contribution is -2.07. The molecule has 0 radical (unpaired) electrons. The van der Waals surface area contributed by atoms with Gasteiger partial charge in [-0.2, -0.15) is 0 Å². The second kappa shape index (κ2) is 5.90. The fraction of sp³-hybridized carbons (Fsp3) is 0.158. The summed E-state index contributed by atoms with van der Waals surface area (Å²) in [5.41, 5.74) is 3.82. The van der Waals surface area contributed by atoms with Gasteiger partial charge in [-0.05, 0) is 60.0 Å². The molecule has 3 rings (SSSR count). The Morgan fingerprint density at radius 1 is 0.905 bits per heavy atom. The van der Waals surface area contributed by atoms with Gasteiger partial charge in [0.2, 0.25) is 0 Å². The van der Waals surface area contributed by atoms with Gasteiger partial charge in [-0.25, -0.2) is 0 Å². The highest BCUT2D eigenvalue weighted by atomic mass is 79.9. The van der Waals surface area contributed by atoms with Crippen LogP contribution in [0.5, 0.6) is 0 Å². The van der Waals surface area contributed by atoms with Crippen molar-refractivity contribution < 1.29 is 0 Å². The number of halogens is 1. The number of benzene rings is 3. The van der Waals surface area contributed by atoms with Gasteiger partial charge in [0.05, 0.1) is 0 Å². The number of hydrogen-bond acceptors (Lipinski definition) is 1. The quantitative estimate of drug-likeness (QED) is 0.609. The molecular weight excluding hydrogens is 322 g/mol. The van der Waals surface area contributed by atoms with Gasteiger partial charge in [0.25, 0.3) is 0 Å². The fourth-order valence-corrected chi connectivity index (χ4v) is 3.09. The number of anilines is 1. The van der Waals surface area contributed by atoms with Crippen molar-refractivity contribution in [3.05, 3.63) is 76.3 Å². The third-order valence-electron chi connectivity index (χ3n) is 3.84. The molecule has 3 aromatic rings. The highest BCUT2D eigenvalue weighted by Crippen LogP contribution is 2.26. The highest BCUT2D eigenvalue weighted by molar-refractivity contribution is 9.10.